The van der Waals surface area contributed by atoms with Gasteiger partial charge in [-0.1, -0.05) is 42.5 Å². The van der Waals surface area contributed by atoms with Crippen molar-refractivity contribution in [3.63, 3.8) is 0 Å². The second kappa shape index (κ2) is 7.96. The van der Waals surface area contributed by atoms with Crippen molar-refractivity contribution in [3.8, 4) is 0 Å². The monoisotopic (exact) mass is 404 g/mol. The summed E-state index contributed by atoms with van der Waals surface area (Å²) in [6.07, 6.45) is 8.90. The van der Waals surface area contributed by atoms with Crippen molar-refractivity contribution in [2.75, 3.05) is 0 Å². The van der Waals surface area contributed by atoms with E-state index < -0.39 is 0 Å². The fraction of sp³-hybridized carbons (Fsp3) is 0.172. The summed E-state index contributed by atoms with van der Waals surface area (Å²) in [6.45, 7) is 8.54. The Labute approximate surface area is 184 Å². The first-order chi connectivity index (χ1) is 15.1. The average molecular weight is 405 g/mol. The van der Waals surface area contributed by atoms with Crippen molar-refractivity contribution in [3.05, 3.63) is 119 Å². The number of nitrogens with zero attached hydrogens (tertiary/aromatic N) is 2. The molecule has 0 aliphatic heterocycles. The van der Waals surface area contributed by atoms with Crippen LogP contribution in [0.25, 0.3) is 21.5 Å². The molecular formula is C29H28N2+2. The second-order valence-corrected chi connectivity index (χ2v) is 8.58. The Morgan fingerprint density at radius 1 is 0.548 bits per heavy atom. The molecule has 2 heterocycles. The minimum atomic E-state index is 0.887. The van der Waals surface area contributed by atoms with Gasteiger partial charge in [-0.05, 0) is 60.4 Å². The number of aryl methyl sites for hydroxylation is 2. The normalized spacial score (nSPS) is 11.3. The highest BCUT2D eigenvalue weighted by Gasteiger charge is 2.18. The van der Waals surface area contributed by atoms with E-state index in [0.29, 0.717) is 0 Å². The number of hydrogen-bond donors (Lipinski definition) is 0. The van der Waals surface area contributed by atoms with Crippen molar-refractivity contribution >= 4 is 21.5 Å². The lowest BCUT2D eigenvalue weighted by molar-refractivity contribution is -0.688. The van der Waals surface area contributed by atoms with Gasteiger partial charge in [0.2, 0.25) is 0 Å². The third kappa shape index (κ3) is 3.82. The Kier molecular flexibility index (Phi) is 4.99. The van der Waals surface area contributed by atoms with Gasteiger partial charge >= 0.3 is 0 Å². The standard InChI is InChI=1S/C29H28N2/c1-21-16-22(2)29(20-31-15-13-25-9-5-7-11-27(25)18-31)23(3)28(21)19-30-14-12-24-8-4-6-10-26(24)17-30/h4-18H,19-20H2,1-3H3/q+2. The van der Waals surface area contributed by atoms with E-state index in [-0.39, 0.29) is 0 Å². The summed E-state index contributed by atoms with van der Waals surface area (Å²) < 4.78 is 4.61. The Hall–Kier alpha value is -3.52. The molecule has 2 heteroatoms. The Bertz CT molecular complexity index is 1310. The smallest absolute Gasteiger partial charge is 0.176 e. The molecule has 2 aromatic heterocycles. The van der Waals surface area contributed by atoms with Crippen LogP contribution < -0.4 is 9.13 Å². The number of pyridine rings is 2. The van der Waals surface area contributed by atoms with Crippen LogP contribution in [-0.2, 0) is 13.1 Å². The highest BCUT2D eigenvalue weighted by molar-refractivity contribution is 5.81. The maximum absolute atomic E-state index is 2.35. The first-order valence-corrected chi connectivity index (χ1v) is 10.9. The third-order valence-electron chi connectivity index (χ3n) is 6.46. The molecule has 0 bridgehead atoms. The lowest BCUT2D eigenvalue weighted by atomic mass is 9.93. The molecule has 2 nitrogen and oxygen atoms in total. The second-order valence-electron chi connectivity index (χ2n) is 8.58. The summed E-state index contributed by atoms with van der Waals surface area (Å²) in [4.78, 5) is 0. The van der Waals surface area contributed by atoms with Crippen LogP contribution >= 0.6 is 0 Å². The molecule has 0 saturated carbocycles. The molecule has 5 rings (SSSR count). The van der Waals surface area contributed by atoms with Gasteiger partial charge in [0.25, 0.3) is 0 Å². The minimum Gasteiger partial charge on any atom is -0.200 e. The van der Waals surface area contributed by atoms with E-state index in [1.54, 1.807) is 0 Å². The fourth-order valence-corrected chi connectivity index (χ4v) is 4.68. The molecule has 0 radical (unpaired) electrons. The van der Waals surface area contributed by atoms with Gasteiger partial charge in [0.15, 0.2) is 37.9 Å². The topological polar surface area (TPSA) is 7.76 Å². The summed E-state index contributed by atoms with van der Waals surface area (Å²) in [6, 6.07) is 23.9. The van der Waals surface area contributed by atoms with Crippen molar-refractivity contribution in [1.82, 2.24) is 0 Å². The lowest BCUT2D eigenvalue weighted by Gasteiger charge is -2.14. The molecule has 0 aliphatic rings. The lowest BCUT2D eigenvalue weighted by Crippen LogP contribution is -2.36. The molecule has 0 saturated heterocycles. The number of hydrogen-bond acceptors (Lipinski definition) is 0. The molecule has 0 atom stereocenters. The Balaban J connectivity index is 1.51. The van der Waals surface area contributed by atoms with Gasteiger partial charge in [-0.25, -0.2) is 9.13 Å². The van der Waals surface area contributed by atoms with Crippen LogP contribution in [0, 0.1) is 20.8 Å². The van der Waals surface area contributed by atoms with E-state index in [1.807, 2.05) is 0 Å². The SMILES string of the molecule is Cc1cc(C)c(C[n+]2ccc3ccccc3c2)c(C)c1C[n+]1ccc2ccccc2c1. The number of aromatic nitrogens is 2. The first-order valence-electron chi connectivity index (χ1n) is 10.9. The van der Waals surface area contributed by atoms with Crippen LogP contribution in [-0.4, -0.2) is 0 Å². The van der Waals surface area contributed by atoms with E-state index in [0.717, 1.165) is 13.1 Å². The maximum atomic E-state index is 2.35. The minimum absolute atomic E-state index is 0.887. The zero-order valence-electron chi connectivity index (χ0n) is 18.5. The van der Waals surface area contributed by atoms with Crippen LogP contribution in [0.15, 0.2) is 91.5 Å². The van der Waals surface area contributed by atoms with Crippen LogP contribution in [0.4, 0.5) is 0 Å². The van der Waals surface area contributed by atoms with E-state index in [1.165, 1.54) is 49.4 Å². The van der Waals surface area contributed by atoms with Gasteiger partial charge in [0.1, 0.15) is 0 Å². The van der Waals surface area contributed by atoms with Gasteiger partial charge in [-0.3, -0.25) is 0 Å². The molecule has 0 amide bonds. The fourth-order valence-electron chi connectivity index (χ4n) is 4.68. The van der Waals surface area contributed by atoms with Crippen molar-refractivity contribution < 1.29 is 9.13 Å². The molecule has 0 unspecified atom stereocenters. The molecule has 5 aromatic rings. The summed E-state index contributed by atoms with van der Waals surface area (Å²) >= 11 is 0. The van der Waals surface area contributed by atoms with Crippen LogP contribution in [0.2, 0.25) is 0 Å². The highest BCUT2D eigenvalue weighted by Crippen LogP contribution is 2.23. The Morgan fingerprint density at radius 3 is 1.42 bits per heavy atom. The molecule has 3 aromatic carbocycles. The van der Waals surface area contributed by atoms with Crippen molar-refractivity contribution in [2.24, 2.45) is 0 Å². The average Bonchev–Trinajstić information content (AvgIpc) is 2.79. The molecule has 0 fully saturated rings. The molecule has 31 heavy (non-hydrogen) atoms. The van der Waals surface area contributed by atoms with Gasteiger partial charge < -0.3 is 0 Å². The molecule has 0 aliphatic carbocycles. The van der Waals surface area contributed by atoms with E-state index in [9.17, 15) is 0 Å². The van der Waals surface area contributed by atoms with Crippen molar-refractivity contribution in [1.29, 1.82) is 0 Å². The largest absolute Gasteiger partial charge is 0.200 e. The zero-order valence-corrected chi connectivity index (χ0v) is 18.5. The summed E-state index contributed by atoms with van der Waals surface area (Å²) in [5.41, 5.74) is 6.97. The van der Waals surface area contributed by atoms with Crippen LogP contribution in [0.1, 0.15) is 27.8 Å². The summed E-state index contributed by atoms with van der Waals surface area (Å²) in [5.74, 6) is 0. The van der Waals surface area contributed by atoms with Crippen molar-refractivity contribution in [2.45, 2.75) is 33.9 Å². The molecule has 152 valence electrons. The van der Waals surface area contributed by atoms with Gasteiger partial charge in [0, 0.05) is 34.0 Å². The summed E-state index contributed by atoms with van der Waals surface area (Å²) in [5, 5.41) is 5.12. The van der Waals surface area contributed by atoms with Crippen LogP contribution in [0.5, 0.6) is 0 Å². The number of fused-ring (bicyclic) bond motifs is 2. The third-order valence-corrected chi connectivity index (χ3v) is 6.46. The van der Waals surface area contributed by atoms with E-state index >= 15 is 0 Å². The first kappa shape index (κ1) is 19.4. The Morgan fingerprint density at radius 2 is 0.968 bits per heavy atom. The summed E-state index contributed by atoms with van der Waals surface area (Å²) in [7, 11) is 0. The molecule has 0 spiro atoms. The predicted molar refractivity (Wildman–Crippen MR) is 127 cm³/mol. The zero-order chi connectivity index (χ0) is 21.4. The highest BCUT2D eigenvalue weighted by atomic mass is 14.9. The maximum Gasteiger partial charge on any atom is 0.176 e. The van der Waals surface area contributed by atoms with Gasteiger partial charge in [0.05, 0.1) is 0 Å². The quantitative estimate of drug-likeness (QED) is 0.345. The molecular weight excluding hydrogens is 376 g/mol. The van der Waals surface area contributed by atoms with E-state index in [4.69, 9.17) is 0 Å². The van der Waals surface area contributed by atoms with E-state index in [2.05, 4.69) is 121 Å². The number of benzene rings is 3. The van der Waals surface area contributed by atoms with Crippen LogP contribution in [0.3, 0.4) is 0 Å². The number of rotatable bonds is 4. The van der Waals surface area contributed by atoms with Gasteiger partial charge in [-0.15, -0.1) is 0 Å². The molecule has 0 N–H and O–H groups in total. The predicted octanol–water partition coefficient (Wildman–Crippen LogP) is 5.59. The van der Waals surface area contributed by atoms with Gasteiger partial charge in [-0.2, -0.15) is 0 Å².